The van der Waals surface area contributed by atoms with Crippen LogP contribution < -0.4 is 5.32 Å². The van der Waals surface area contributed by atoms with Gasteiger partial charge in [-0.15, -0.1) is 0 Å². The number of carboxylic acid groups (broad SMARTS) is 1. The van der Waals surface area contributed by atoms with Crippen molar-refractivity contribution in [1.29, 1.82) is 10.8 Å². The number of aliphatic hydroxyl groups is 1. The van der Waals surface area contributed by atoms with Crippen LogP contribution in [0.2, 0.25) is 10.0 Å². The Morgan fingerprint density at radius 3 is 2.22 bits per heavy atom. The lowest BCUT2D eigenvalue weighted by molar-refractivity contribution is -0.132. The molecule has 6 nitrogen and oxygen atoms in total. The summed E-state index contributed by atoms with van der Waals surface area (Å²) in [7, 11) is 0. The van der Waals surface area contributed by atoms with Crippen molar-refractivity contribution in [3.05, 3.63) is 86.5 Å². The Labute approximate surface area is 188 Å². The fourth-order valence-corrected chi connectivity index (χ4v) is 3.03. The third kappa shape index (κ3) is 5.45. The first-order valence-electron chi connectivity index (χ1n) is 8.43. The summed E-state index contributed by atoms with van der Waals surface area (Å²) in [5.41, 5.74) is -6.54. The molecule has 0 fully saturated rings. The number of benzene rings is 2. The van der Waals surface area contributed by atoms with Crippen LogP contribution >= 0.6 is 23.2 Å². The second-order valence-electron chi connectivity index (χ2n) is 6.07. The molecule has 168 valence electrons. The third-order valence-electron chi connectivity index (χ3n) is 3.96. The average molecular weight is 490 g/mol. The topological polar surface area (TPSA) is 117 Å². The predicted octanol–water partition coefficient (Wildman–Crippen LogP) is 5.98. The highest BCUT2D eigenvalue weighted by molar-refractivity contribution is 6.37. The number of aliphatic carboxylic acids is 1. The highest BCUT2D eigenvalue weighted by Gasteiger charge is 2.39. The van der Waals surface area contributed by atoms with Gasteiger partial charge in [-0.05, 0) is 30.3 Å². The van der Waals surface area contributed by atoms with Gasteiger partial charge in [0.15, 0.2) is 0 Å². The van der Waals surface area contributed by atoms with Gasteiger partial charge in [-0.25, -0.2) is 9.18 Å². The molecule has 0 heterocycles. The maximum absolute atomic E-state index is 14.2. The first kappa shape index (κ1) is 24.9. The van der Waals surface area contributed by atoms with E-state index in [1.165, 1.54) is 18.2 Å². The zero-order valence-electron chi connectivity index (χ0n) is 15.7. The van der Waals surface area contributed by atoms with Gasteiger partial charge in [0, 0.05) is 16.9 Å². The maximum Gasteiger partial charge on any atom is 0.432 e. The monoisotopic (exact) mass is 489 g/mol. The minimum absolute atomic E-state index is 0.0505. The standard InChI is InChI=1S/C20H13Cl2F4N3O3/c21-9-3-1-4-10(7-9)29-18(20(24,25)26)11(8-27)17(30)15(19(31)32)16(28)14-12(22)5-2-6-13(14)23/h1-8,27-30H,(H,31,32)/b17-15+,18-11+,27-8?,28-16?. The van der Waals surface area contributed by atoms with Crippen LogP contribution in [0.1, 0.15) is 5.56 Å². The summed E-state index contributed by atoms with van der Waals surface area (Å²) in [6.07, 6.45) is -5.15. The summed E-state index contributed by atoms with van der Waals surface area (Å²) >= 11 is 11.6. The molecule has 2 aromatic rings. The highest BCUT2D eigenvalue weighted by atomic mass is 35.5. The first-order valence-corrected chi connectivity index (χ1v) is 9.18. The Morgan fingerprint density at radius 1 is 1.09 bits per heavy atom. The molecular formula is C20H13Cl2F4N3O3. The van der Waals surface area contributed by atoms with E-state index in [9.17, 15) is 32.6 Å². The zero-order valence-corrected chi connectivity index (χ0v) is 17.2. The lowest BCUT2D eigenvalue weighted by Crippen LogP contribution is -2.25. The Balaban J connectivity index is 2.79. The van der Waals surface area contributed by atoms with Crippen molar-refractivity contribution in [2.24, 2.45) is 0 Å². The first-order chi connectivity index (χ1) is 14.9. The Kier molecular flexibility index (Phi) is 7.65. The van der Waals surface area contributed by atoms with Crippen LogP contribution in [0.3, 0.4) is 0 Å². The Hall–Kier alpha value is -3.37. The van der Waals surface area contributed by atoms with E-state index in [1.54, 1.807) is 0 Å². The highest BCUT2D eigenvalue weighted by Crippen LogP contribution is 2.33. The molecule has 0 aromatic heterocycles. The van der Waals surface area contributed by atoms with Crippen LogP contribution in [-0.2, 0) is 4.79 Å². The van der Waals surface area contributed by atoms with E-state index < -0.39 is 56.9 Å². The lowest BCUT2D eigenvalue weighted by Gasteiger charge is -2.19. The summed E-state index contributed by atoms with van der Waals surface area (Å²) in [6, 6.07) is 8.19. The summed E-state index contributed by atoms with van der Waals surface area (Å²) in [4.78, 5) is 11.7. The fourth-order valence-electron chi connectivity index (χ4n) is 2.58. The summed E-state index contributed by atoms with van der Waals surface area (Å²) in [5, 5.41) is 36.9. The van der Waals surface area contributed by atoms with E-state index in [4.69, 9.17) is 34.0 Å². The van der Waals surface area contributed by atoms with Crippen LogP contribution in [0.4, 0.5) is 23.2 Å². The summed E-state index contributed by atoms with van der Waals surface area (Å²) < 4.78 is 55.4. The van der Waals surface area contributed by atoms with Crippen LogP contribution in [0.15, 0.2) is 65.1 Å². The fraction of sp³-hybridized carbons (Fsp3) is 0.0500. The smallest absolute Gasteiger partial charge is 0.432 e. The molecule has 2 rings (SSSR count). The lowest BCUT2D eigenvalue weighted by atomic mass is 9.97. The Bertz CT molecular complexity index is 1140. The number of hydrogen-bond acceptors (Lipinski definition) is 5. The molecule has 0 radical (unpaired) electrons. The van der Waals surface area contributed by atoms with Crippen LogP contribution in [-0.4, -0.2) is 34.3 Å². The molecule has 5 N–H and O–H groups in total. The largest absolute Gasteiger partial charge is 0.506 e. The second-order valence-corrected chi connectivity index (χ2v) is 6.91. The minimum atomic E-state index is -5.20. The van der Waals surface area contributed by atoms with Crippen LogP contribution in [0.5, 0.6) is 0 Å². The molecule has 12 heteroatoms. The van der Waals surface area contributed by atoms with Gasteiger partial charge in [-0.3, -0.25) is 5.41 Å². The quantitative estimate of drug-likeness (QED) is 0.108. The SMILES string of the molecule is N=CC(/C(O)=C(/C(=N)c1c(F)cccc1Cl)C(=O)O)=C(\Nc1cccc(Cl)c1)C(F)(F)F. The summed E-state index contributed by atoms with van der Waals surface area (Å²) in [6.45, 7) is 0. The number of carbonyl (C=O) groups is 1. The van der Waals surface area contributed by atoms with Crippen molar-refractivity contribution in [2.75, 3.05) is 5.32 Å². The molecule has 0 atom stereocenters. The van der Waals surface area contributed by atoms with Gasteiger partial charge in [-0.1, -0.05) is 35.3 Å². The van der Waals surface area contributed by atoms with E-state index >= 15 is 0 Å². The van der Waals surface area contributed by atoms with E-state index in [0.29, 0.717) is 0 Å². The molecule has 0 aliphatic carbocycles. The van der Waals surface area contributed by atoms with Crippen molar-refractivity contribution < 1.29 is 32.6 Å². The number of alkyl halides is 3. The number of nitrogens with one attached hydrogen (secondary N) is 3. The molecule has 32 heavy (non-hydrogen) atoms. The van der Waals surface area contributed by atoms with Crippen molar-refractivity contribution in [1.82, 2.24) is 0 Å². The van der Waals surface area contributed by atoms with Crippen molar-refractivity contribution in [3.8, 4) is 0 Å². The van der Waals surface area contributed by atoms with Gasteiger partial charge < -0.3 is 20.9 Å². The van der Waals surface area contributed by atoms with Crippen molar-refractivity contribution >= 4 is 46.8 Å². The zero-order chi connectivity index (χ0) is 24.2. The Morgan fingerprint density at radius 2 is 1.72 bits per heavy atom. The van der Waals surface area contributed by atoms with Crippen LogP contribution in [0.25, 0.3) is 0 Å². The normalized spacial score (nSPS) is 13.1. The van der Waals surface area contributed by atoms with Gasteiger partial charge in [0.2, 0.25) is 0 Å². The molecule has 2 aromatic carbocycles. The predicted molar refractivity (Wildman–Crippen MR) is 112 cm³/mol. The average Bonchev–Trinajstić information content (AvgIpc) is 2.67. The second kappa shape index (κ2) is 9.84. The number of rotatable bonds is 7. The molecule has 0 bridgehead atoms. The van der Waals surface area contributed by atoms with Gasteiger partial charge >= 0.3 is 12.1 Å². The number of anilines is 1. The van der Waals surface area contributed by atoms with Crippen LogP contribution in [0, 0.1) is 16.6 Å². The number of carboxylic acids is 1. The maximum atomic E-state index is 14.2. The number of allylic oxidation sites excluding steroid dienone is 2. The third-order valence-corrected chi connectivity index (χ3v) is 4.51. The van der Waals surface area contributed by atoms with Gasteiger partial charge in [0.05, 0.1) is 21.9 Å². The number of aliphatic hydroxyl groups excluding tert-OH is 1. The molecule has 0 aliphatic rings. The van der Waals surface area contributed by atoms with Gasteiger partial charge in [0.1, 0.15) is 22.8 Å². The number of hydrogen-bond donors (Lipinski definition) is 5. The van der Waals surface area contributed by atoms with E-state index in [0.717, 1.165) is 24.3 Å². The van der Waals surface area contributed by atoms with E-state index in [2.05, 4.69) is 0 Å². The van der Waals surface area contributed by atoms with Gasteiger partial charge in [-0.2, -0.15) is 13.2 Å². The molecule has 0 saturated carbocycles. The molecule has 0 spiro atoms. The molecular weight excluding hydrogens is 477 g/mol. The van der Waals surface area contributed by atoms with Crippen molar-refractivity contribution in [3.63, 3.8) is 0 Å². The van der Waals surface area contributed by atoms with Crippen molar-refractivity contribution in [2.45, 2.75) is 6.18 Å². The van der Waals surface area contributed by atoms with E-state index in [-0.39, 0.29) is 16.9 Å². The van der Waals surface area contributed by atoms with Gasteiger partial charge in [0.25, 0.3) is 0 Å². The van der Waals surface area contributed by atoms with E-state index in [1.807, 2.05) is 5.32 Å². The summed E-state index contributed by atoms with van der Waals surface area (Å²) in [5.74, 6) is -4.78. The number of halogens is 6. The molecule has 0 unspecified atom stereocenters. The molecule has 0 saturated heterocycles. The molecule has 0 aliphatic heterocycles. The minimum Gasteiger partial charge on any atom is -0.506 e. The molecule has 0 amide bonds.